The average molecular weight is 326 g/mol. The number of hydrogen-bond acceptors (Lipinski definition) is 5. The third-order valence-corrected chi connectivity index (χ3v) is 3.59. The zero-order chi connectivity index (χ0) is 15.7. The largest absolute Gasteiger partial charge is 0.444 e. The van der Waals surface area contributed by atoms with Gasteiger partial charge in [-0.2, -0.15) is 0 Å². The van der Waals surface area contributed by atoms with E-state index in [-0.39, 0.29) is 30.0 Å². The average Bonchev–Trinajstić information content (AvgIpc) is 3.13. The number of nitrogens with zero attached hydrogens (tertiary/aromatic N) is 2. The lowest BCUT2D eigenvalue weighted by atomic mass is 10.1. The number of anilines is 1. The third kappa shape index (κ3) is 2.65. The predicted octanol–water partition coefficient (Wildman–Crippen LogP) is 2.50. The molecule has 0 spiro atoms. The van der Waals surface area contributed by atoms with Gasteiger partial charge < -0.3 is 14.9 Å². The Kier molecular flexibility index (Phi) is 4.00. The molecule has 1 aliphatic heterocycles. The van der Waals surface area contributed by atoms with Crippen LogP contribution in [0.2, 0.25) is 0 Å². The van der Waals surface area contributed by atoms with Crippen LogP contribution in [0.1, 0.15) is 5.69 Å². The van der Waals surface area contributed by atoms with Crippen molar-refractivity contribution in [1.82, 2.24) is 4.98 Å². The van der Waals surface area contributed by atoms with Crippen LogP contribution in [0.15, 0.2) is 28.9 Å². The number of nitrogens with two attached hydrogens (primary N) is 1. The Hall–Kier alpha value is -2.12. The molecular formula is C14H13ClFN3O3. The molecule has 2 aromatic rings. The molecule has 2 N–H and O–H groups in total. The van der Waals surface area contributed by atoms with Crippen molar-refractivity contribution < 1.29 is 18.3 Å². The smallest absolute Gasteiger partial charge is 0.414 e. The monoisotopic (exact) mass is 325 g/mol. The molecule has 1 saturated heterocycles. The summed E-state index contributed by atoms with van der Waals surface area (Å²) in [7, 11) is 0. The Bertz CT molecular complexity index is 706. The second-order valence-electron chi connectivity index (χ2n) is 4.79. The third-order valence-electron chi connectivity index (χ3n) is 3.32. The second kappa shape index (κ2) is 5.94. The van der Waals surface area contributed by atoms with Crippen molar-refractivity contribution in [3.05, 3.63) is 36.0 Å². The first-order valence-electron chi connectivity index (χ1n) is 6.61. The molecular weight excluding hydrogens is 313 g/mol. The Labute approximate surface area is 130 Å². The van der Waals surface area contributed by atoms with Crippen LogP contribution in [0.4, 0.5) is 14.9 Å². The quantitative estimate of drug-likeness (QED) is 0.873. The summed E-state index contributed by atoms with van der Waals surface area (Å²) in [5.74, 6) is -0.225. The molecule has 8 heteroatoms. The van der Waals surface area contributed by atoms with E-state index in [9.17, 15) is 9.18 Å². The van der Waals surface area contributed by atoms with E-state index >= 15 is 0 Å². The fourth-order valence-corrected chi connectivity index (χ4v) is 2.32. The highest BCUT2D eigenvalue weighted by atomic mass is 35.5. The summed E-state index contributed by atoms with van der Waals surface area (Å²) in [5, 5.41) is 0. The van der Waals surface area contributed by atoms with Crippen LogP contribution in [-0.2, 0) is 10.6 Å². The number of halogens is 2. The van der Waals surface area contributed by atoms with Gasteiger partial charge in [-0.1, -0.05) is 0 Å². The minimum Gasteiger partial charge on any atom is -0.444 e. The lowest BCUT2D eigenvalue weighted by Gasteiger charge is -2.13. The lowest BCUT2D eigenvalue weighted by molar-refractivity contribution is 0.145. The molecule has 1 aromatic heterocycles. The molecule has 1 fully saturated rings. The molecule has 3 rings (SSSR count). The molecule has 1 unspecified atom stereocenters. The molecule has 1 amide bonds. The molecule has 0 saturated carbocycles. The summed E-state index contributed by atoms with van der Waals surface area (Å²) < 4.78 is 24.5. The van der Waals surface area contributed by atoms with E-state index in [4.69, 9.17) is 26.5 Å². The van der Waals surface area contributed by atoms with E-state index in [2.05, 4.69) is 4.98 Å². The topological polar surface area (TPSA) is 81.6 Å². The molecule has 1 atom stereocenters. The van der Waals surface area contributed by atoms with Crippen LogP contribution in [-0.4, -0.2) is 30.3 Å². The number of oxazole rings is 1. The number of ether oxygens (including phenoxy) is 1. The van der Waals surface area contributed by atoms with Gasteiger partial charge in [-0.15, -0.1) is 11.6 Å². The van der Waals surface area contributed by atoms with Crippen molar-refractivity contribution >= 4 is 23.4 Å². The summed E-state index contributed by atoms with van der Waals surface area (Å²) in [6, 6.07) is 4.33. The summed E-state index contributed by atoms with van der Waals surface area (Å²) >= 11 is 5.64. The summed E-state index contributed by atoms with van der Waals surface area (Å²) in [5.41, 5.74) is 6.59. The fourth-order valence-electron chi connectivity index (χ4n) is 2.19. The highest BCUT2D eigenvalue weighted by Gasteiger charge is 2.31. The number of hydrogen-bond donors (Lipinski definition) is 1. The molecule has 0 bridgehead atoms. The first-order chi connectivity index (χ1) is 10.6. The maximum Gasteiger partial charge on any atom is 0.414 e. The van der Waals surface area contributed by atoms with E-state index in [0.717, 1.165) is 0 Å². The molecule has 6 nitrogen and oxygen atoms in total. The van der Waals surface area contributed by atoms with E-state index in [0.29, 0.717) is 17.9 Å². The van der Waals surface area contributed by atoms with Gasteiger partial charge in [-0.25, -0.2) is 14.2 Å². The minimum absolute atomic E-state index is 0.142. The summed E-state index contributed by atoms with van der Waals surface area (Å²) in [6.45, 7) is 0.518. The predicted molar refractivity (Wildman–Crippen MR) is 78.1 cm³/mol. The number of carbonyl (C=O) groups is 1. The van der Waals surface area contributed by atoms with Crippen molar-refractivity contribution in [1.29, 1.82) is 0 Å². The number of amides is 1. The van der Waals surface area contributed by atoms with Gasteiger partial charge in [-0.3, -0.25) is 4.90 Å². The van der Waals surface area contributed by atoms with Crippen molar-refractivity contribution in [2.75, 3.05) is 18.0 Å². The fraction of sp³-hybridized carbons (Fsp3) is 0.286. The van der Waals surface area contributed by atoms with E-state index < -0.39 is 11.9 Å². The van der Waals surface area contributed by atoms with Gasteiger partial charge in [0.15, 0.2) is 0 Å². The second-order valence-corrected chi connectivity index (χ2v) is 5.06. The maximum absolute atomic E-state index is 14.3. The standard InChI is InChI=1S/C14H13ClFN3O3/c15-4-8-7-21-13(18-8)11-2-1-9(3-12(11)16)19-6-10(5-17)22-14(19)20/h1-3,7,10H,4-6,17H2. The molecule has 1 aliphatic rings. The van der Waals surface area contributed by atoms with Crippen LogP contribution >= 0.6 is 11.6 Å². The summed E-state index contributed by atoms with van der Waals surface area (Å²) in [6.07, 6.45) is 0.454. The highest BCUT2D eigenvalue weighted by molar-refractivity contribution is 6.16. The van der Waals surface area contributed by atoms with Crippen molar-refractivity contribution in [3.8, 4) is 11.5 Å². The van der Waals surface area contributed by atoms with Gasteiger partial charge in [0.2, 0.25) is 5.89 Å². The molecule has 22 heavy (non-hydrogen) atoms. The molecule has 0 aliphatic carbocycles. The Morgan fingerprint density at radius 3 is 2.91 bits per heavy atom. The van der Waals surface area contributed by atoms with Gasteiger partial charge in [0.05, 0.1) is 29.4 Å². The van der Waals surface area contributed by atoms with Gasteiger partial charge in [0, 0.05) is 6.54 Å². The van der Waals surface area contributed by atoms with Crippen LogP contribution in [0, 0.1) is 5.82 Å². The van der Waals surface area contributed by atoms with Crippen LogP contribution in [0.3, 0.4) is 0 Å². The van der Waals surface area contributed by atoms with Crippen molar-refractivity contribution in [2.24, 2.45) is 5.73 Å². The van der Waals surface area contributed by atoms with Crippen molar-refractivity contribution in [3.63, 3.8) is 0 Å². The highest BCUT2D eigenvalue weighted by Crippen LogP contribution is 2.28. The first kappa shape index (κ1) is 14.8. The van der Waals surface area contributed by atoms with E-state index in [1.807, 2.05) is 0 Å². The van der Waals surface area contributed by atoms with Gasteiger partial charge in [0.1, 0.15) is 18.2 Å². The Morgan fingerprint density at radius 2 is 2.32 bits per heavy atom. The zero-order valence-corrected chi connectivity index (χ0v) is 12.2. The number of alkyl halides is 1. The SMILES string of the molecule is NCC1CN(c2ccc(-c3nc(CCl)co3)c(F)c2)C(=O)O1. The van der Waals surface area contributed by atoms with E-state index in [1.165, 1.54) is 23.3 Å². The zero-order valence-electron chi connectivity index (χ0n) is 11.5. The summed E-state index contributed by atoms with van der Waals surface area (Å²) in [4.78, 5) is 17.1. The van der Waals surface area contributed by atoms with Gasteiger partial charge in [0.25, 0.3) is 0 Å². The van der Waals surface area contributed by atoms with Crippen LogP contribution in [0.25, 0.3) is 11.5 Å². The minimum atomic E-state index is -0.551. The number of cyclic esters (lactones) is 1. The number of aromatic nitrogens is 1. The first-order valence-corrected chi connectivity index (χ1v) is 7.14. The molecule has 2 heterocycles. The molecule has 0 radical (unpaired) electrons. The maximum atomic E-state index is 14.3. The van der Waals surface area contributed by atoms with Crippen LogP contribution < -0.4 is 10.6 Å². The van der Waals surface area contributed by atoms with Gasteiger partial charge >= 0.3 is 6.09 Å². The Morgan fingerprint density at radius 1 is 1.50 bits per heavy atom. The molecule has 116 valence electrons. The number of carbonyl (C=O) groups excluding carboxylic acids is 1. The Balaban J connectivity index is 1.88. The molecule has 1 aromatic carbocycles. The van der Waals surface area contributed by atoms with Gasteiger partial charge in [-0.05, 0) is 18.2 Å². The normalized spacial score (nSPS) is 17.9. The van der Waals surface area contributed by atoms with Crippen molar-refractivity contribution in [2.45, 2.75) is 12.0 Å². The number of benzene rings is 1. The number of rotatable bonds is 4. The van der Waals surface area contributed by atoms with Crippen LogP contribution in [0.5, 0.6) is 0 Å². The van der Waals surface area contributed by atoms with E-state index in [1.54, 1.807) is 6.07 Å². The lowest BCUT2D eigenvalue weighted by Crippen LogP contribution is -2.27.